The second-order valence-electron chi connectivity index (χ2n) is 8.02. The number of nitrogens with one attached hydrogen (secondary N) is 1. The van der Waals surface area contributed by atoms with Crippen molar-refractivity contribution in [2.24, 2.45) is 5.92 Å². The first-order valence-electron chi connectivity index (χ1n) is 9.21. The third-order valence-electron chi connectivity index (χ3n) is 5.64. The molecule has 2 saturated heterocycles. The number of benzene rings is 1. The number of piperidine rings is 1. The van der Waals surface area contributed by atoms with Gasteiger partial charge in [0.1, 0.15) is 5.60 Å². The molecule has 2 aliphatic heterocycles. The number of ether oxygens (including phenoxy) is 1. The molecule has 3 atom stereocenters. The lowest BCUT2D eigenvalue weighted by atomic mass is 9.87. The highest BCUT2D eigenvalue weighted by molar-refractivity contribution is 6.31. The van der Waals surface area contributed by atoms with Gasteiger partial charge >= 0.3 is 0 Å². The molecule has 6 heteroatoms. The predicted octanol–water partition coefficient (Wildman–Crippen LogP) is 3.32. The zero-order valence-electron chi connectivity index (χ0n) is 15.8. The van der Waals surface area contributed by atoms with Gasteiger partial charge in [-0.1, -0.05) is 43.6 Å². The minimum Gasteiger partial charge on any atom is -0.338 e. The van der Waals surface area contributed by atoms with Gasteiger partial charge in [-0.15, -0.1) is 0 Å². The van der Waals surface area contributed by atoms with E-state index in [0.717, 1.165) is 18.4 Å². The van der Waals surface area contributed by atoms with Crippen molar-refractivity contribution in [3.63, 3.8) is 0 Å². The van der Waals surface area contributed by atoms with Crippen molar-refractivity contribution >= 4 is 23.4 Å². The Hall–Kier alpha value is -1.59. The van der Waals surface area contributed by atoms with Gasteiger partial charge < -0.3 is 15.0 Å². The molecule has 0 radical (unpaired) electrons. The number of carbonyl (C=O) groups excluding carboxylic acids is 2. The molecule has 26 heavy (non-hydrogen) atoms. The predicted molar refractivity (Wildman–Crippen MR) is 101 cm³/mol. The number of carbonyl (C=O) groups is 2. The third-order valence-corrected chi connectivity index (χ3v) is 5.98. The Balaban J connectivity index is 1.73. The van der Waals surface area contributed by atoms with Crippen LogP contribution in [0.3, 0.4) is 0 Å². The summed E-state index contributed by atoms with van der Waals surface area (Å²) in [5.74, 6) is -0.261. The molecule has 2 amide bonds. The van der Waals surface area contributed by atoms with Crippen molar-refractivity contribution < 1.29 is 14.3 Å². The van der Waals surface area contributed by atoms with Crippen molar-refractivity contribution in [1.82, 2.24) is 10.2 Å². The zero-order chi connectivity index (χ0) is 19.1. The molecule has 1 aromatic carbocycles. The van der Waals surface area contributed by atoms with Crippen LogP contribution in [0.5, 0.6) is 0 Å². The molecule has 3 rings (SSSR count). The molecular formula is C20H27ClN2O3. The van der Waals surface area contributed by atoms with E-state index in [1.165, 1.54) is 0 Å². The van der Waals surface area contributed by atoms with Gasteiger partial charge in [-0.3, -0.25) is 9.59 Å². The van der Waals surface area contributed by atoms with E-state index < -0.39 is 11.3 Å². The summed E-state index contributed by atoms with van der Waals surface area (Å²) in [5, 5.41) is 3.66. The smallest absolute Gasteiger partial charge is 0.254 e. The Kier molecular flexibility index (Phi) is 5.06. The summed E-state index contributed by atoms with van der Waals surface area (Å²) in [7, 11) is 0. The Morgan fingerprint density at radius 2 is 2.00 bits per heavy atom. The standard InChI is InChI=1S/C20H27ClN2O3/c1-13(15-8-5-6-9-16(15)21)14(2)17(24)23-11-7-10-20(12-23)22-18(25)19(3,4)26-20/h5-6,8-9,13-14H,7,10-12H2,1-4H3,(H,22,25). The number of hydrogen-bond donors (Lipinski definition) is 1. The van der Waals surface area contributed by atoms with Gasteiger partial charge in [-0.25, -0.2) is 0 Å². The van der Waals surface area contributed by atoms with Crippen LogP contribution in [0.15, 0.2) is 24.3 Å². The molecule has 2 heterocycles. The van der Waals surface area contributed by atoms with Crippen LogP contribution >= 0.6 is 11.6 Å². The molecule has 1 spiro atoms. The first-order valence-corrected chi connectivity index (χ1v) is 9.59. The maximum absolute atomic E-state index is 13.1. The second-order valence-corrected chi connectivity index (χ2v) is 8.43. The number of hydrogen-bond acceptors (Lipinski definition) is 3. The van der Waals surface area contributed by atoms with Crippen molar-refractivity contribution in [1.29, 1.82) is 0 Å². The van der Waals surface area contributed by atoms with Crippen LogP contribution in [0.1, 0.15) is 52.0 Å². The van der Waals surface area contributed by atoms with Gasteiger partial charge in [-0.2, -0.15) is 0 Å². The Morgan fingerprint density at radius 1 is 1.31 bits per heavy atom. The number of likely N-dealkylation sites (tertiary alicyclic amines) is 1. The minimum absolute atomic E-state index is 0.00426. The largest absolute Gasteiger partial charge is 0.338 e. The van der Waals surface area contributed by atoms with Crippen LogP contribution in [-0.4, -0.2) is 41.1 Å². The average Bonchev–Trinajstić information content (AvgIpc) is 2.81. The fourth-order valence-electron chi connectivity index (χ4n) is 3.93. The van der Waals surface area contributed by atoms with Crippen molar-refractivity contribution in [3.05, 3.63) is 34.9 Å². The van der Waals surface area contributed by atoms with Crippen molar-refractivity contribution in [2.45, 2.75) is 57.8 Å². The summed E-state index contributed by atoms with van der Waals surface area (Å²) >= 11 is 6.31. The van der Waals surface area contributed by atoms with Gasteiger partial charge in [0.15, 0.2) is 5.72 Å². The first-order chi connectivity index (χ1) is 12.2. The number of nitrogens with zero attached hydrogens (tertiary/aromatic N) is 1. The van der Waals surface area contributed by atoms with E-state index in [1.54, 1.807) is 13.8 Å². The second kappa shape index (κ2) is 6.86. The molecule has 1 aromatic rings. The lowest BCUT2D eigenvalue weighted by Crippen LogP contribution is -2.57. The maximum Gasteiger partial charge on any atom is 0.254 e. The summed E-state index contributed by atoms with van der Waals surface area (Å²) in [6, 6.07) is 7.65. The molecule has 5 nitrogen and oxygen atoms in total. The molecule has 0 aliphatic carbocycles. The monoisotopic (exact) mass is 378 g/mol. The fourth-order valence-corrected chi connectivity index (χ4v) is 4.24. The lowest BCUT2D eigenvalue weighted by Gasteiger charge is -2.41. The minimum atomic E-state index is -0.859. The number of amides is 2. The van der Waals surface area contributed by atoms with Crippen LogP contribution in [0.2, 0.25) is 5.02 Å². The molecule has 1 N–H and O–H groups in total. The van der Waals surface area contributed by atoms with E-state index in [9.17, 15) is 9.59 Å². The summed E-state index contributed by atoms with van der Waals surface area (Å²) in [5.41, 5.74) is -0.641. The van der Waals surface area contributed by atoms with E-state index in [-0.39, 0.29) is 23.7 Å². The van der Waals surface area contributed by atoms with Crippen LogP contribution in [-0.2, 0) is 14.3 Å². The van der Waals surface area contributed by atoms with Gasteiger partial charge in [0.2, 0.25) is 5.91 Å². The van der Waals surface area contributed by atoms with Crippen LogP contribution in [0.4, 0.5) is 0 Å². The fraction of sp³-hybridized carbons (Fsp3) is 0.600. The SMILES string of the molecule is CC(C(=O)N1CCCC2(C1)NC(=O)C(C)(C)O2)C(C)c1ccccc1Cl. The molecule has 2 aliphatic rings. The summed E-state index contributed by atoms with van der Waals surface area (Å²) in [6.07, 6.45) is 1.52. The molecule has 3 unspecified atom stereocenters. The van der Waals surface area contributed by atoms with E-state index in [2.05, 4.69) is 5.32 Å². The summed E-state index contributed by atoms with van der Waals surface area (Å²) < 4.78 is 6.04. The van der Waals surface area contributed by atoms with Crippen molar-refractivity contribution in [2.75, 3.05) is 13.1 Å². The highest BCUT2D eigenvalue weighted by atomic mass is 35.5. The molecule has 0 saturated carbocycles. The highest BCUT2D eigenvalue weighted by Crippen LogP contribution is 2.36. The topological polar surface area (TPSA) is 58.6 Å². The van der Waals surface area contributed by atoms with E-state index >= 15 is 0 Å². The number of halogens is 1. The maximum atomic E-state index is 13.1. The normalized spacial score (nSPS) is 27.3. The lowest BCUT2D eigenvalue weighted by molar-refractivity contribution is -0.155. The van der Waals surface area contributed by atoms with Gasteiger partial charge in [0.25, 0.3) is 5.91 Å². The Bertz CT molecular complexity index is 721. The van der Waals surface area contributed by atoms with Crippen LogP contribution < -0.4 is 5.32 Å². The average molecular weight is 379 g/mol. The summed E-state index contributed by atoms with van der Waals surface area (Å²) in [6.45, 7) is 8.57. The molecule has 2 fully saturated rings. The molecule has 0 bridgehead atoms. The van der Waals surface area contributed by atoms with Crippen molar-refractivity contribution in [3.8, 4) is 0 Å². The first kappa shape index (κ1) is 19.2. The van der Waals surface area contributed by atoms with E-state index in [1.807, 2.05) is 43.0 Å². The van der Waals surface area contributed by atoms with Gasteiger partial charge in [0.05, 0.1) is 6.54 Å². The van der Waals surface area contributed by atoms with E-state index in [0.29, 0.717) is 18.1 Å². The van der Waals surface area contributed by atoms with Gasteiger partial charge in [0, 0.05) is 17.5 Å². The van der Waals surface area contributed by atoms with E-state index in [4.69, 9.17) is 16.3 Å². The molecule has 0 aromatic heterocycles. The highest BCUT2D eigenvalue weighted by Gasteiger charge is 2.52. The van der Waals surface area contributed by atoms with Gasteiger partial charge in [-0.05, 0) is 44.2 Å². The van der Waals surface area contributed by atoms with Crippen LogP contribution in [0, 0.1) is 5.92 Å². The zero-order valence-corrected chi connectivity index (χ0v) is 16.6. The Labute approximate surface area is 160 Å². The third kappa shape index (κ3) is 3.47. The summed E-state index contributed by atoms with van der Waals surface area (Å²) in [4.78, 5) is 27.1. The Morgan fingerprint density at radius 3 is 2.62 bits per heavy atom. The van der Waals surface area contributed by atoms with Crippen LogP contribution in [0.25, 0.3) is 0 Å². The quantitative estimate of drug-likeness (QED) is 0.877. The molecule has 142 valence electrons. The molecular weight excluding hydrogens is 352 g/mol. The number of rotatable bonds is 3.